The number of rotatable bonds is 0. The molecule has 28 heteroatoms. The van der Waals surface area contributed by atoms with Gasteiger partial charge in [-0.2, -0.15) is 0 Å². The van der Waals surface area contributed by atoms with E-state index in [9.17, 15) is 46.3 Å². The summed E-state index contributed by atoms with van der Waals surface area (Å²) in [7, 11) is 0. The summed E-state index contributed by atoms with van der Waals surface area (Å²) in [5, 5.41) is 24.6. The molecule has 10 aliphatic heterocycles. The SMILES string of the molecule is CC1CC(=O)CCCN1.CC1CC(=O)CCCN1C(=O)OC(C)(C)C.CC1CC(F)(F)CCCN1.CC1CC(F)(F)CCCN1C(=O)OC(C)(C)C.CC1CC2(CC/C1=N/O)OCCO2.CC1CC2(CCC(=O)N1)OCCO2.CC1CC2(CCC1=O)OCCO2.CC1CC2(CCCN1)OCCO2. The number of carbonyl (C=O) groups is 6. The number of Topliss-reactive ketones (excluding diaryl/α,β-unsaturated/α-hetero) is 3. The predicted molar refractivity (Wildman–Crippen MR) is 377 cm³/mol. The first-order valence-electron chi connectivity index (χ1n) is 37.9. The summed E-state index contributed by atoms with van der Waals surface area (Å²) in [6.45, 7) is 35.8. The molecule has 24 nitrogen and oxygen atoms in total. The van der Waals surface area contributed by atoms with E-state index in [0.717, 1.165) is 122 Å². The number of ketones is 3. The molecule has 0 radical (unpaired) electrons. The van der Waals surface area contributed by atoms with Gasteiger partial charge < -0.3 is 83.6 Å². The number of carbonyl (C=O) groups excluding carboxylic acids is 6. The average molecular weight is 1460 g/mol. The maximum absolute atomic E-state index is 13.3. The van der Waals surface area contributed by atoms with E-state index in [2.05, 4.69) is 40.3 Å². The van der Waals surface area contributed by atoms with E-state index >= 15 is 0 Å². The molecule has 8 unspecified atom stereocenters. The first-order valence-corrected chi connectivity index (χ1v) is 37.9. The van der Waals surface area contributed by atoms with E-state index in [-0.39, 0.29) is 85.0 Å². The minimum Gasteiger partial charge on any atom is -0.444 e. The van der Waals surface area contributed by atoms with Crippen LogP contribution in [0.5, 0.6) is 0 Å². The quantitative estimate of drug-likeness (QED) is 0.0856. The highest BCUT2D eigenvalue weighted by Gasteiger charge is 2.46. The van der Waals surface area contributed by atoms with Crippen LogP contribution in [-0.2, 0) is 66.5 Å². The zero-order valence-corrected chi connectivity index (χ0v) is 64.1. The van der Waals surface area contributed by atoms with Crippen LogP contribution in [0.1, 0.15) is 251 Å². The first-order chi connectivity index (χ1) is 47.8. The molecular weight excluding hydrogens is 1330 g/mol. The molecule has 8 atom stereocenters. The van der Waals surface area contributed by atoms with E-state index in [0.29, 0.717) is 121 Å². The number of halogens is 4. The Hall–Kier alpha value is -4.23. The van der Waals surface area contributed by atoms with Crippen molar-refractivity contribution in [1.29, 1.82) is 0 Å². The van der Waals surface area contributed by atoms with Crippen molar-refractivity contribution < 1.29 is 98.9 Å². The van der Waals surface area contributed by atoms with Crippen LogP contribution in [0.4, 0.5) is 27.2 Å². The molecule has 10 heterocycles. The van der Waals surface area contributed by atoms with Crippen molar-refractivity contribution in [2.45, 2.75) is 333 Å². The molecule has 2 saturated carbocycles. The molecule has 3 amide bonds. The highest BCUT2D eigenvalue weighted by molar-refractivity contribution is 5.87. The van der Waals surface area contributed by atoms with Gasteiger partial charge in [0.1, 0.15) is 28.6 Å². The molecule has 4 spiro atoms. The van der Waals surface area contributed by atoms with Crippen LogP contribution in [0, 0.1) is 11.8 Å². The largest absolute Gasteiger partial charge is 0.444 e. The lowest BCUT2D eigenvalue weighted by Gasteiger charge is -2.34. The number of amides is 3. The van der Waals surface area contributed by atoms with E-state index in [4.69, 9.17) is 52.6 Å². The molecule has 0 bridgehead atoms. The number of ether oxygens (including phenoxy) is 10. The number of hydrogen-bond acceptors (Lipinski definition) is 21. The first kappa shape index (κ1) is 88.4. The minimum absolute atomic E-state index is 0.00694. The van der Waals surface area contributed by atoms with Crippen molar-refractivity contribution in [1.82, 2.24) is 31.1 Å². The highest BCUT2D eigenvalue weighted by Crippen LogP contribution is 2.40. The van der Waals surface area contributed by atoms with Gasteiger partial charge in [0.2, 0.25) is 17.8 Å². The predicted octanol–water partition coefficient (Wildman–Crippen LogP) is 12.1. The minimum atomic E-state index is -2.67. The lowest BCUT2D eigenvalue weighted by molar-refractivity contribution is -0.187. The van der Waals surface area contributed by atoms with E-state index in [1.54, 1.807) is 39.5 Å². The Kier molecular flexibility index (Phi) is 35.7. The van der Waals surface area contributed by atoms with Crippen molar-refractivity contribution >= 4 is 41.2 Å². The van der Waals surface area contributed by atoms with Gasteiger partial charge in [0.05, 0.1) is 58.6 Å². The third-order valence-corrected chi connectivity index (χ3v) is 19.6. The Morgan fingerprint density at radius 3 is 1.37 bits per heavy atom. The standard InChI is InChI=1S/C12H21F2NO2.C12H21NO3.2C9H15NO3.C9H17NO2.C9H14O3.C7H13F2N.C7H13NO/c1-9-8-12(13,14)6-5-7-15(9)10(16)17-11(2,3)4;1-9-8-10(14)6-5-7-13(9)11(15)16-12(2,3)4;1-7-6-9(12-4-5-13-9)3-2-8(11)10-7;1-7-6-9(12-4-5-13-9)3-2-8(7)10-11;1-8-7-9(3-2-4-10-8)11-5-6-12-9;1-7-6-9(3-2-8(7)10)11-4-5-12-9;1-6-5-7(8,9)3-2-4-10-6;1-6-5-7(9)3-2-4-8-6/h9H,5-8H2,1-4H3;9H,5-8H2,1-4H3;7H,2-6H2,1H3,(H,10,11);7,11H,2-6H2,1H3;8,10H,2-7H2,1H3;7H,2-6H2,1H3;6,10H,2-5H2,1H3;6,8H,2-5H2,1H3/b;;;10-8-;;;;. The van der Waals surface area contributed by atoms with E-state index in [1.165, 1.54) is 4.90 Å². The molecule has 0 aromatic heterocycles. The molecule has 0 aromatic carbocycles. The van der Waals surface area contributed by atoms with Crippen LogP contribution in [0.3, 0.4) is 0 Å². The summed E-state index contributed by atoms with van der Waals surface area (Å²) in [4.78, 5) is 71.5. The Balaban J connectivity index is 0.000000211. The number of nitrogens with zero attached hydrogens (tertiary/aromatic N) is 3. The second kappa shape index (κ2) is 41.2. The van der Waals surface area contributed by atoms with Crippen molar-refractivity contribution in [2.24, 2.45) is 17.0 Å². The fraction of sp³-hybridized carbons (Fsp3) is 0.905. The second-order valence-corrected chi connectivity index (χ2v) is 31.8. The highest BCUT2D eigenvalue weighted by atomic mass is 19.3. The summed E-state index contributed by atoms with van der Waals surface area (Å²) in [5.74, 6) is -5.11. The van der Waals surface area contributed by atoms with Crippen molar-refractivity contribution in [3.05, 3.63) is 0 Å². The number of likely N-dealkylation sites (tertiary alicyclic amines) is 2. The maximum Gasteiger partial charge on any atom is 0.410 e. The maximum atomic E-state index is 13.3. The lowest BCUT2D eigenvalue weighted by Crippen LogP contribution is -2.42. The Morgan fingerprint density at radius 2 is 0.853 bits per heavy atom. The number of nitrogens with one attached hydrogen (secondary N) is 4. The molecule has 10 saturated heterocycles. The smallest absolute Gasteiger partial charge is 0.410 e. The van der Waals surface area contributed by atoms with Gasteiger partial charge in [-0.1, -0.05) is 19.0 Å². The summed E-state index contributed by atoms with van der Waals surface area (Å²) >= 11 is 0. The van der Waals surface area contributed by atoms with E-state index in [1.807, 2.05) is 48.5 Å². The fourth-order valence-corrected chi connectivity index (χ4v) is 14.5. The van der Waals surface area contributed by atoms with Crippen LogP contribution in [-0.4, -0.2) is 224 Å². The third kappa shape index (κ3) is 32.1. The fourth-order valence-electron chi connectivity index (χ4n) is 14.5. The molecule has 5 N–H and O–H groups in total. The molecule has 590 valence electrons. The molecule has 12 aliphatic rings. The number of alkyl halides is 4. The van der Waals surface area contributed by atoms with Gasteiger partial charge in [-0.3, -0.25) is 19.2 Å². The van der Waals surface area contributed by atoms with Crippen LogP contribution in [0.25, 0.3) is 0 Å². The molecule has 12 rings (SSSR count). The summed E-state index contributed by atoms with van der Waals surface area (Å²) < 4.78 is 107. The molecule has 2 aliphatic carbocycles. The van der Waals surface area contributed by atoms with Crippen LogP contribution in [0.15, 0.2) is 5.16 Å². The second-order valence-electron chi connectivity index (χ2n) is 31.8. The van der Waals surface area contributed by atoms with Gasteiger partial charge in [-0.05, 0) is 141 Å². The third-order valence-electron chi connectivity index (χ3n) is 19.6. The Morgan fingerprint density at radius 1 is 0.451 bits per heavy atom. The molecule has 0 aromatic rings. The van der Waals surface area contributed by atoms with Crippen LogP contribution >= 0.6 is 0 Å². The zero-order valence-electron chi connectivity index (χ0n) is 64.1. The van der Waals surface area contributed by atoms with Gasteiger partial charge in [0.15, 0.2) is 23.1 Å². The zero-order chi connectivity index (χ0) is 75.6. The topological polar surface area (TPSA) is 282 Å². The summed E-state index contributed by atoms with van der Waals surface area (Å²) in [6, 6.07) is 0.503. The Labute approximate surface area is 604 Å². The number of hydrogen-bond donors (Lipinski definition) is 5. The summed E-state index contributed by atoms with van der Waals surface area (Å²) in [5.41, 5.74) is -0.205. The van der Waals surface area contributed by atoms with Crippen molar-refractivity contribution in [2.75, 3.05) is 85.6 Å². The van der Waals surface area contributed by atoms with Crippen LogP contribution in [0.2, 0.25) is 0 Å². The Bertz CT molecular complexity index is 2610. The molecule has 12 fully saturated rings. The average Bonchev–Trinajstić information content (AvgIpc) is 1.53. The molecular formula is C74H129F4N7O17. The van der Waals surface area contributed by atoms with Gasteiger partial charge in [0, 0.05) is 177 Å². The monoisotopic (exact) mass is 1460 g/mol. The van der Waals surface area contributed by atoms with Gasteiger partial charge in [-0.15, -0.1) is 0 Å². The lowest BCUT2D eigenvalue weighted by atomic mass is 9.84. The normalized spacial score (nSPS) is 30.7. The van der Waals surface area contributed by atoms with Gasteiger partial charge >= 0.3 is 12.2 Å². The molecule has 102 heavy (non-hydrogen) atoms. The number of oxime groups is 1. The van der Waals surface area contributed by atoms with Gasteiger partial charge in [-0.25, -0.2) is 27.2 Å². The van der Waals surface area contributed by atoms with Crippen molar-refractivity contribution in [3.8, 4) is 0 Å². The van der Waals surface area contributed by atoms with Gasteiger partial charge in [0.25, 0.3) is 0 Å². The van der Waals surface area contributed by atoms with E-state index < -0.39 is 46.8 Å². The van der Waals surface area contributed by atoms with Crippen LogP contribution < -0.4 is 21.3 Å². The summed E-state index contributed by atoms with van der Waals surface area (Å²) in [6.07, 6.45) is 13.6. The van der Waals surface area contributed by atoms with Crippen molar-refractivity contribution in [3.63, 3.8) is 0 Å².